The highest BCUT2D eigenvalue weighted by atomic mass is 35.5. The molecule has 1 atom stereocenters. The Labute approximate surface area is 160 Å². The van der Waals surface area contributed by atoms with Crippen LogP contribution in [-0.4, -0.2) is 66.4 Å². The second-order valence-corrected chi connectivity index (χ2v) is 7.90. The maximum absolute atomic E-state index is 12.9. The molecule has 2 heterocycles. The third-order valence-corrected chi connectivity index (χ3v) is 6.12. The number of hydrogen-bond donors (Lipinski definition) is 0. The molecule has 138 valence electrons. The van der Waals surface area contributed by atoms with Gasteiger partial charge in [0, 0.05) is 39.3 Å². The molecule has 3 rings (SSSR count). The molecule has 2 saturated heterocycles. The highest BCUT2D eigenvalue weighted by molar-refractivity contribution is 6.42. The Morgan fingerprint density at radius 2 is 1.84 bits per heavy atom. The number of carbonyl (C=O) groups excluding carboxylic acids is 1. The van der Waals surface area contributed by atoms with Gasteiger partial charge in [-0.05, 0) is 43.6 Å². The molecule has 0 aliphatic carbocycles. The predicted octanol–water partition coefficient (Wildman–Crippen LogP) is 3.37. The van der Waals surface area contributed by atoms with Crippen LogP contribution >= 0.6 is 23.2 Å². The molecular weight excluding hydrogens is 357 g/mol. The molecule has 0 saturated carbocycles. The highest BCUT2D eigenvalue weighted by Gasteiger charge is 2.30. The summed E-state index contributed by atoms with van der Waals surface area (Å²) in [4.78, 5) is 19.7. The molecule has 4 nitrogen and oxygen atoms in total. The van der Waals surface area contributed by atoms with E-state index in [-0.39, 0.29) is 5.92 Å². The van der Waals surface area contributed by atoms with E-state index in [1.807, 2.05) is 18.2 Å². The van der Waals surface area contributed by atoms with Crippen molar-refractivity contribution in [3.63, 3.8) is 0 Å². The summed E-state index contributed by atoms with van der Waals surface area (Å²) >= 11 is 12.1. The lowest BCUT2D eigenvalue weighted by Crippen LogP contribution is -2.52. The van der Waals surface area contributed by atoms with E-state index in [1.165, 1.54) is 0 Å². The lowest BCUT2D eigenvalue weighted by atomic mass is 9.95. The monoisotopic (exact) mass is 383 g/mol. The average Bonchev–Trinajstić information content (AvgIpc) is 2.64. The number of carbonyl (C=O) groups is 1. The smallest absolute Gasteiger partial charge is 0.227 e. The highest BCUT2D eigenvalue weighted by Crippen LogP contribution is 2.25. The van der Waals surface area contributed by atoms with Crippen LogP contribution in [0.2, 0.25) is 10.0 Å². The van der Waals surface area contributed by atoms with Crippen LogP contribution < -0.4 is 0 Å². The SMILES string of the molecule is CCN1CCN(C(=O)C2CCCN(Cc3ccc(Cl)c(Cl)c3)C2)CC1. The van der Waals surface area contributed by atoms with E-state index in [0.29, 0.717) is 16.0 Å². The first-order valence-electron chi connectivity index (χ1n) is 9.24. The van der Waals surface area contributed by atoms with Crippen molar-refractivity contribution in [1.82, 2.24) is 14.7 Å². The molecule has 1 aromatic carbocycles. The van der Waals surface area contributed by atoms with Crippen LogP contribution in [0.1, 0.15) is 25.3 Å². The van der Waals surface area contributed by atoms with E-state index in [2.05, 4.69) is 21.6 Å². The van der Waals surface area contributed by atoms with Gasteiger partial charge in [0.15, 0.2) is 0 Å². The Bertz CT molecular complexity index is 602. The molecule has 0 radical (unpaired) electrons. The maximum Gasteiger partial charge on any atom is 0.227 e. The van der Waals surface area contributed by atoms with Gasteiger partial charge in [0.1, 0.15) is 0 Å². The number of piperidine rings is 1. The number of rotatable bonds is 4. The minimum Gasteiger partial charge on any atom is -0.340 e. The quantitative estimate of drug-likeness (QED) is 0.797. The number of likely N-dealkylation sites (tertiary alicyclic amines) is 1. The first-order valence-corrected chi connectivity index (χ1v) is 10.00. The van der Waals surface area contributed by atoms with E-state index in [9.17, 15) is 4.79 Å². The van der Waals surface area contributed by atoms with Gasteiger partial charge < -0.3 is 9.80 Å². The second-order valence-electron chi connectivity index (χ2n) is 7.08. The summed E-state index contributed by atoms with van der Waals surface area (Å²) in [5.41, 5.74) is 1.15. The summed E-state index contributed by atoms with van der Waals surface area (Å²) < 4.78 is 0. The Hall–Kier alpha value is -0.810. The molecule has 0 bridgehead atoms. The standard InChI is InChI=1S/C19H27Cl2N3O/c1-2-22-8-10-24(11-9-22)19(25)16-4-3-7-23(14-16)13-15-5-6-17(20)18(21)12-15/h5-6,12,16H,2-4,7-11,13-14H2,1H3. The van der Waals surface area contributed by atoms with Crippen LogP contribution in [-0.2, 0) is 11.3 Å². The number of hydrogen-bond acceptors (Lipinski definition) is 3. The first kappa shape index (κ1) is 19.0. The maximum atomic E-state index is 12.9. The topological polar surface area (TPSA) is 26.8 Å². The molecule has 2 aliphatic heterocycles. The van der Waals surface area contributed by atoms with Gasteiger partial charge in [-0.25, -0.2) is 0 Å². The van der Waals surface area contributed by atoms with Crippen molar-refractivity contribution in [3.05, 3.63) is 33.8 Å². The van der Waals surface area contributed by atoms with Crippen molar-refractivity contribution in [3.8, 4) is 0 Å². The lowest BCUT2D eigenvalue weighted by Gasteiger charge is -2.38. The molecule has 1 unspecified atom stereocenters. The Morgan fingerprint density at radius 3 is 2.52 bits per heavy atom. The molecular formula is C19H27Cl2N3O. The largest absolute Gasteiger partial charge is 0.340 e. The fourth-order valence-electron chi connectivity index (χ4n) is 3.84. The van der Waals surface area contributed by atoms with Crippen LogP contribution in [0, 0.1) is 5.92 Å². The van der Waals surface area contributed by atoms with Gasteiger partial charge >= 0.3 is 0 Å². The van der Waals surface area contributed by atoms with Crippen molar-refractivity contribution in [2.75, 3.05) is 45.8 Å². The minimum atomic E-state index is 0.129. The van der Waals surface area contributed by atoms with Crippen LogP contribution in [0.25, 0.3) is 0 Å². The Kier molecular flexibility index (Phi) is 6.61. The van der Waals surface area contributed by atoms with Crippen molar-refractivity contribution >= 4 is 29.1 Å². The Balaban J connectivity index is 1.55. The van der Waals surface area contributed by atoms with Crippen LogP contribution in [0.4, 0.5) is 0 Å². The molecule has 6 heteroatoms. The van der Waals surface area contributed by atoms with Gasteiger partial charge in [-0.2, -0.15) is 0 Å². The Morgan fingerprint density at radius 1 is 1.08 bits per heavy atom. The van der Waals surface area contributed by atoms with Crippen molar-refractivity contribution < 1.29 is 4.79 Å². The number of amides is 1. The molecule has 1 aromatic rings. The third-order valence-electron chi connectivity index (χ3n) is 5.38. The van der Waals surface area contributed by atoms with Crippen molar-refractivity contribution in [1.29, 1.82) is 0 Å². The number of likely N-dealkylation sites (N-methyl/N-ethyl adjacent to an activating group) is 1. The molecule has 2 fully saturated rings. The van der Waals surface area contributed by atoms with E-state index >= 15 is 0 Å². The van der Waals surface area contributed by atoms with Crippen molar-refractivity contribution in [2.24, 2.45) is 5.92 Å². The molecule has 0 spiro atoms. The molecule has 0 N–H and O–H groups in total. The number of halogens is 2. The van der Waals surface area contributed by atoms with Gasteiger partial charge in [-0.1, -0.05) is 36.2 Å². The molecule has 1 amide bonds. The molecule has 25 heavy (non-hydrogen) atoms. The third kappa shape index (κ3) is 4.88. The number of benzene rings is 1. The zero-order valence-corrected chi connectivity index (χ0v) is 16.4. The van der Waals surface area contributed by atoms with Gasteiger partial charge in [-0.3, -0.25) is 9.69 Å². The zero-order valence-electron chi connectivity index (χ0n) is 14.9. The number of nitrogens with zero attached hydrogens (tertiary/aromatic N) is 3. The second kappa shape index (κ2) is 8.72. The molecule has 0 aromatic heterocycles. The lowest BCUT2D eigenvalue weighted by molar-refractivity contribution is -0.139. The fraction of sp³-hybridized carbons (Fsp3) is 0.632. The van der Waals surface area contributed by atoms with Gasteiger partial charge in [-0.15, -0.1) is 0 Å². The average molecular weight is 384 g/mol. The summed E-state index contributed by atoms with van der Waals surface area (Å²) in [5, 5.41) is 1.18. The van der Waals surface area contributed by atoms with E-state index in [1.54, 1.807) is 0 Å². The van der Waals surface area contributed by atoms with Crippen molar-refractivity contribution in [2.45, 2.75) is 26.3 Å². The van der Waals surface area contributed by atoms with Gasteiger partial charge in [0.2, 0.25) is 5.91 Å². The van der Waals surface area contributed by atoms with Gasteiger partial charge in [0.05, 0.1) is 16.0 Å². The van der Waals surface area contributed by atoms with Gasteiger partial charge in [0.25, 0.3) is 0 Å². The van der Waals surface area contributed by atoms with Crippen LogP contribution in [0.3, 0.4) is 0 Å². The summed E-state index contributed by atoms with van der Waals surface area (Å²) in [5.74, 6) is 0.472. The van der Waals surface area contributed by atoms with E-state index in [4.69, 9.17) is 23.2 Å². The van der Waals surface area contributed by atoms with Crippen LogP contribution in [0.15, 0.2) is 18.2 Å². The normalized spacial score (nSPS) is 23.0. The number of piperazine rings is 1. The predicted molar refractivity (Wildman–Crippen MR) is 103 cm³/mol. The fourth-order valence-corrected chi connectivity index (χ4v) is 4.16. The first-order chi connectivity index (χ1) is 12.1. The summed E-state index contributed by atoms with van der Waals surface area (Å²) in [6.07, 6.45) is 2.08. The van der Waals surface area contributed by atoms with Crippen LogP contribution in [0.5, 0.6) is 0 Å². The minimum absolute atomic E-state index is 0.129. The summed E-state index contributed by atoms with van der Waals surface area (Å²) in [6.45, 7) is 9.70. The summed E-state index contributed by atoms with van der Waals surface area (Å²) in [6, 6.07) is 5.79. The summed E-state index contributed by atoms with van der Waals surface area (Å²) in [7, 11) is 0. The zero-order chi connectivity index (χ0) is 17.8. The van der Waals surface area contributed by atoms with E-state index < -0.39 is 0 Å². The van der Waals surface area contributed by atoms with E-state index in [0.717, 1.165) is 70.8 Å². The molecule has 2 aliphatic rings.